The Morgan fingerprint density at radius 3 is 2.48 bits per heavy atom. The Balaban J connectivity index is 1.54. The van der Waals surface area contributed by atoms with Crippen LogP contribution in [0.3, 0.4) is 0 Å². The maximum Gasteiger partial charge on any atom is 0.169 e. The Labute approximate surface area is 138 Å². The molecule has 2 aromatic carbocycles. The summed E-state index contributed by atoms with van der Waals surface area (Å²) in [5, 5.41) is 0. The summed E-state index contributed by atoms with van der Waals surface area (Å²) in [5.74, 6) is 0.398. The number of ketones is 1. The van der Waals surface area contributed by atoms with Crippen LogP contribution in [0.2, 0.25) is 0 Å². The largest absolute Gasteiger partial charge is 0.294 e. The zero-order chi connectivity index (χ0) is 15.9. The van der Waals surface area contributed by atoms with Crippen molar-refractivity contribution in [3.05, 3.63) is 76.4 Å². The lowest BCUT2D eigenvalue weighted by Crippen LogP contribution is -2.31. The molecule has 0 amide bonds. The van der Waals surface area contributed by atoms with Gasteiger partial charge in [-0.15, -0.1) is 0 Å². The van der Waals surface area contributed by atoms with Gasteiger partial charge in [-0.05, 0) is 56.2 Å². The maximum atomic E-state index is 13.0. The van der Waals surface area contributed by atoms with Gasteiger partial charge in [0.2, 0.25) is 0 Å². The van der Waals surface area contributed by atoms with Gasteiger partial charge in [0.15, 0.2) is 5.78 Å². The van der Waals surface area contributed by atoms with E-state index in [1.165, 1.54) is 22.3 Å². The number of hydrogen-bond donors (Lipinski definition) is 0. The summed E-state index contributed by atoms with van der Waals surface area (Å²) in [6, 6.07) is 16.9. The Kier molecular flexibility index (Phi) is 3.45. The molecule has 0 N–H and O–H groups in total. The summed E-state index contributed by atoms with van der Waals surface area (Å²) in [6.45, 7) is 2.07. The minimum absolute atomic E-state index is 0.121. The van der Waals surface area contributed by atoms with E-state index in [0.717, 1.165) is 37.7 Å². The van der Waals surface area contributed by atoms with Crippen molar-refractivity contribution in [3.63, 3.8) is 0 Å². The van der Waals surface area contributed by atoms with E-state index < -0.39 is 0 Å². The third-order valence-corrected chi connectivity index (χ3v) is 5.54. The summed E-state index contributed by atoms with van der Waals surface area (Å²) >= 11 is 0. The van der Waals surface area contributed by atoms with E-state index >= 15 is 0 Å². The molecule has 0 saturated heterocycles. The molecule has 1 saturated carbocycles. The van der Waals surface area contributed by atoms with Crippen LogP contribution in [0, 0.1) is 12.3 Å². The van der Waals surface area contributed by atoms with Gasteiger partial charge in [-0.2, -0.15) is 0 Å². The van der Waals surface area contributed by atoms with Crippen LogP contribution in [0.1, 0.15) is 52.7 Å². The second-order valence-corrected chi connectivity index (χ2v) is 7.16. The van der Waals surface area contributed by atoms with Crippen molar-refractivity contribution in [2.45, 2.75) is 39.0 Å². The van der Waals surface area contributed by atoms with Gasteiger partial charge in [0.05, 0.1) is 0 Å². The molecule has 0 unspecified atom stereocenters. The molecule has 2 aliphatic carbocycles. The Morgan fingerprint density at radius 1 is 1.00 bits per heavy atom. The molecule has 1 heteroatoms. The first kappa shape index (κ1) is 14.4. The van der Waals surface area contributed by atoms with Gasteiger partial charge in [0.1, 0.15) is 0 Å². The first-order valence-corrected chi connectivity index (χ1v) is 8.55. The molecule has 1 nitrogen and oxygen atoms in total. The van der Waals surface area contributed by atoms with Gasteiger partial charge in [0, 0.05) is 11.0 Å². The first-order valence-electron chi connectivity index (χ1n) is 8.55. The molecule has 23 heavy (non-hydrogen) atoms. The summed E-state index contributed by atoms with van der Waals surface area (Å²) in [5.41, 5.74) is 6.08. The van der Waals surface area contributed by atoms with Crippen LogP contribution in [0.4, 0.5) is 0 Å². The molecule has 0 heterocycles. The molecule has 1 fully saturated rings. The zero-order valence-electron chi connectivity index (χ0n) is 13.6. The van der Waals surface area contributed by atoms with Crippen LogP contribution in [-0.2, 0) is 6.42 Å². The number of carbonyl (C=O) groups excluding carboxylic acids is 1. The summed E-state index contributed by atoms with van der Waals surface area (Å²) in [6.07, 6.45) is 7.35. The molecule has 2 aliphatic rings. The van der Waals surface area contributed by atoms with Gasteiger partial charge in [-0.1, -0.05) is 59.7 Å². The van der Waals surface area contributed by atoms with Crippen LogP contribution >= 0.6 is 0 Å². The Bertz CT molecular complexity index is 773. The average Bonchev–Trinajstić information content (AvgIpc) is 2.83. The Morgan fingerprint density at radius 2 is 1.74 bits per heavy atom. The van der Waals surface area contributed by atoms with Crippen molar-refractivity contribution in [2.24, 2.45) is 5.41 Å². The number of carbonyl (C=O) groups is 1. The van der Waals surface area contributed by atoms with E-state index in [1.807, 2.05) is 6.07 Å². The van der Waals surface area contributed by atoms with E-state index in [0.29, 0.717) is 5.78 Å². The van der Waals surface area contributed by atoms with Crippen LogP contribution in [0.25, 0.3) is 6.08 Å². The van der Waals surface area contributed by atoms with Crippen LogP contribution < -0.4 is 0 Å². The normalized spacial score (nSPS) is 23.2. The molecular formula is C22H22O. The summed E-state index contributed by atoms with van der Waals surface area (Å²) in [7, 11) is 0. The highest BCUT2D eigenvalue weighted by Crippen LogP contribution is 2.48. The second-order valence-electron chi connectivity index (χ2n) is 7.16. The van der Waals surface area contributed by atoms with Gasteiger partial charge < -0.3 is 0 Å². The molecule has 0 bridgehead atoms. The molecule has 0 radical (unpaired) electrons. The molecule has 0 atom stereocenters. The van der Waals surface area contributed by atoms with E-state index in [2.05, 4.69) is 55.5 Å². The van der Waals surface area contributed by atoms with E-state index in [-0.39, 0.29) is 5.41 Å². The highest BCUT2D eigenvalue weighted by atomic mass is 16.1. The van der Waals surface area contributed by atoms with Crippen molar-refractivity contribution in [1.82, 2.24) is 0 Å². The first-order chi connectivity index (χ1) is 11.2. The van der Waals surface area contributed by atoms with Gasteiger partial charge in [-0.3, -0.25) is 4.79 Å². The quantitative estimate of drug-likeness (QED) is 0.691. The smallest absolute Gasteiger partial charge is 0.169 e. The summed E-state index contributed by atoms with van der Waals surface area (Å²) < 4.78 is 0. The van der Waals surface area contributed by atoms with E-state index in [9.17, 15) is 4.79 Å². The lowest BCUT2D eigenvalue weighted by Gasteiger charge is -2.33. The van der Waals surface area contributed by atoms with E-state index in [4.69, 9.17) is 0 Å². The van der Waals surface area contributed by atoms with Crippen LogP contribution in [0.15, 0.2) is 54.1 Å². The third kappa shape index (κ3) is 2.55. The SMILES string of the molecule is Cc1ccc2c(c1)C(=O)C1(CCC(=Cc3ccccc3)CC1)C2. The topological polar surface area (TPSA) is 17.1 Å². The standard InChI is InChI=1S/C22H22O/c1-16-7-8-19-15-22(21(23)20(19)13-16)11-9-18(10-12-22)14-17-5-3-2-4-6-17/h2-8,13-14H,9-12,15H2,1H3. The number of allylic oxidation sites excluding steroid dienone is 1. The predicted octanol–water partition coefficient (Wildman–Crippen LogP) is 5.38. The Hall–Kier alpha value is -2.15. The number of hydrogen-bond acceptors (Lipinski definition) is 1. The number of Topliss-reactive ketones (excluding diaryl/α,β-unsaturated/α-hetero) is 1. The highest BCUT2D eigenvalue weighted by molar-refractivity contribution is 6.05. The van der Waals surface area contributed by atoms with Crippen molar-refractivity contribution in [1.29, 1.82) is 0 Å². The number of fused-ring (bicyclic) bond motifs is 1. The predicted molar refractivity (Wildman–Crippen MR) is 94.5 cm³/mol. The van der Waals surface area contributed by atoms with E-state index in [1.54, 1.807) is 0 Å². The molecular weight excluding hydrogens is 280 g/mol. The molecule has 0 aromatic heterocycles. The number of aryl methyl sites for hydroxylation is 1. The van der Waals surface area contributed by atoms with Gasteiger partial charge >= 0.3 is 0 Å². The van der Waals surface area contributed by atoms with Crippen molar-refractivity contribution in [3.8, 4) is 0 Å². The number of benzene rings is 2. The molecule has 1 spiro atoms. The van der Waals surface area contributed by atoms with Crippen molar-refractivity contribution >= 4 is 11.9 Å². The second kappa shape index (κ2) is 5.49. The third-order valence-electron chi connectivity index (χ3n) is 5.54. The van der Waals surface area contributed by atoms with Gasteiger partial charge in [-0.25, -0.2) is 0 Å². The fraction of sp³-hybridized carbons (Fsp3) is 0.318. The minimum atomic E-state index is -0.121. The monoisotopic (exact) mass is 302 g/mol. The molecule has 2 aromatic rings. The highest BCUT2D eigenvalue weighted by Gasteiger charge is 2.46. The number of rotatable bonds is 1. The lowest BCUT2D eigenvalue weighted by atomic mass is 9.69. The fourth-order valence-electron chi connectivity index (χ4n) is 4.17. The van der Waals surface area contributed by atoms with Crippen LogP contribution in [-0.4, -0.2) is 5.78 Å². The summed E-state index contributed by atoms with van der Waals surface area (Å²) in [4.78, 5) is 13.0. The minimum Gasteiger partial charge on any atom is -0.294 e. The maximum absolute atomic E-state index is 13.0. The van der Waals surface area contributed by atoms with Gasteiger partial charge in [0.25, 0.3) is 0 Å². The fourth-order valence-corrected chi connectivity index (χ4v) is 4.17. The zero-order valence-corrected chi connectivity index (χ0v) is 13.6. The average molecular weight is 302 g/mol. The van der Waals surface area contributed by atoms with Crippen LogP contribution in [0.5, 0.6) is 0 Å². The van der Waals surface area contributed by atoms with Crippen molar-refractivity contribution < 1.29 is 4.79 Å². The molecule has 4 rings (SSSR count). The lowest BCUT2D eigenvalue weighted by molar-refractivity contribution is 0.0771. The molecule has 0 aliphatic heterocycles. The van der Waals surface area contributed by atoms with Crippen molar-refractivity contribution in [2.75, 3.05) is 0 Å². The molecule has 116 valence electrons.